The van der Waals surface area contributed by atoms with E-state index >= 15 is 0 Å². The van der Waals surface area contributed by atoms with Crippen molar-refractivity contribution in [3.05, 3.63) is 28.2 Å². The molecule has 6 nitrogen and oxygen atoms in total. The van der Waals surface area contributed by atoms with E-state index in [4.69, 9.17) is 0 Å². The van der Waals surface area contributed by atoms with E-state index in [2.05, 4.69) is 33.3 Å². The molecule has 0 aliphatic carbocycles. The molecular weight excluding hydrogens is 378 g/mol. The number of rotatable bonds is 10. The quantitative estimate of drug-likeness (QED) is 0.515. The number of nitrogens with zero attached hydrogens (tertiary/aromatic N) is 2. The van der Waals surface area contributed by atoms with Crippen LogP contribution in [0.2, 0.25) is 0 Å². The van der Waals surface area contributed by atoms with Crippen LogP contribution in [0.5, 0.6) is 0 Å². The number of imidazole rings is 1. The van der Waals surface area contributed by atoms with Crippen molar-refractivity contribution in [3.8, 4) is 6.07 Å². The Kier molecular flexibility index (Phi) is 8.32. The molecule has 0 saturated heterocycles. The number of hydrogen-bond acceptors (Lipinski definition) is 5. The number of carbonyl (C=O) groups is 1. The maximum Gasteiger partial charge on any atom is 0.235 e. The summed E-state index contributed by atoms with van der Waals surface area (Å²) in [6.07, 6.45) is 6.09. The Hall–Kier alpha value is -1.85. The highest BCUT2D eigenvalue weighted by molar-refractivity contribution is 7.99. The number of carbonyl (C=O) groups excluding carboxylic acids is 1. The molecule has 0 fully saturated rings. The molecule has 0 spiro atoms. The minimum atomic E-state index is -0.154. The van der Waals surface area contributed by atoms with Gasteiger partial charge in [-0.2, -0.15) is 17.0 Å². The first-order chi connectivity index (χ1) is 13.0. The van der Waals surface area contributed by atoms with E-state index in [1.807, 2.05) is 20.1 Å². The van der Waals surface area contributed by atoms with Gasteiger partial charge in [-0.3, -0.25) is 4.79 Å². The zero-order valence-corrected chi connectivity index (χ0v) is 18.0. The summed E-state index contributed by atoms with van der Waals surface area (Å²) in [4.78, 5) is 23.4. The Morgan fingerprint density at radius 3 is 2.74 bits per heavy atom. The van der Waals surface area contributed by atoms with E-state index in [0.717, 1.165) is 59.2 Å². The van der Waals surface area contributed by atoms with Gasteiger partial charge in [0.05, 0.1) is 17.0 Å². The van der Waals surface area contributed by atoms with Crippen LogP contribution in [0.1, 0.15) is 48.0 Å². The summed E-state index contributed by atoms with van der Waals surface area (Å²) in [6, 6.07) is 2.19. The van der Waals surface area contributed by atoms with Crippen LogP contribution >= 0.6 is 23.5 Å². The smallest absolute Gasteiger partial charge is 0.235 e. The van der Waals surface area contributed by atoms with Gasteiger partial charge in [-0.15, -0.1) is 0 Å². The molecule has 0 unspecified atom stereocenters. The average molecular weight is 406 g/mol. The van der Waals surface area contributed by atoms with Gasteiger partial charge in [0.1, 0.15) is 11.9 Å². The number of unbranched alkanes of at least 4 members (excludes halogenated alkanes) is 1. The normalized spacial score (nSPS) is 10.8. The number of aromatic nitrogens is 3. The molecule has 1 amide bonds. The predicted octanol–water partition coefficient (Wildman–Crippen LogP) is 4.21. The first-order valence-electron chi connectivity index (χ1n) is 9.08. The lowest BCUT2D eigenvalue weighted by molar-refractivity contribution is -0.113. The second-order valence-electron chi connectivity index (χ2n) is 6.39. The van der Waals surface area contributed by atoms with Crippen LogP contribution < -0.4 is 5.32 Å². The first kappa shape index (κ1) is 21.5. The maximum atomic E-state index is 12.3. The number of aromatic amines is 2. The fourth-order valence-electron chi connectivity index (χ4n) is 2.77. The number of hydrogen-bond donors (Lipinski definition) is 3. The third kappa shape index (κ3) is 5.81. The van der Waals surface area contributed by atoms with Crippen molar-refractivity contribution in [2.75, 3.05) is 23.1 Å². The molecule has 0 aliphatic heterocycles. The summed E-state index contributed by atoms with van der Waals surface area (Å²) in [6.45, 7) is 6.09. The molecular formula is C19H27N5OS2. The zero-order valence-electron chi connectivity index (χ0n) is 16.4. The Morgan fingerprint density at radius 1 is 1.30 bits per heavy atom. The minimum Gasteiger partial charge on any atom is -0.344 e. The molecule has 2 rings (SSSR count). The molecule has 0 aromatic carbocycles. The summed E-state index contributed by atoms with van der Waals surface area (Å²) < 4.78 is 0. The second kappa shape index (κ2) is 10.5. The van der Waals surface area contributed by atoms with E-state index < -0.39 is 0 Å². The van der Waals surface area contributed by atoms with Crippen molar-refractivity contribution in [1.29, 1.82) is 5.26 Å². The van der Waals surface area contributed by atoms with Crippen molar-refractivity contribution >= 4 is 35.2 Å². The number of anilines is 1. The van der Waals surface area contributed by atoms with E-state index in [0.29, 0.717) is 11.4 Å². The van der Waals surface area contributed by atoms with Crippen molar-refractivity contribution in [1.82, 2.24) is 15.0 Å². The van der Waals surface area contributed by atoms with Crippen LogP contribution in [0.25, 0.3) is 0 Å². The van der Waals surface area contributed by atoms with Crippen molar-refractivity contribution in [2.45, 2.75) is 51.6 Å². The lowest BCUT2D eigenvalue weighted by Gasteiger charge is -2.03. The second-order valence-corrected chi connectivity index (χ2v) is 8.34. The van der Waals surface area contributed by atoms with Gasteiger partial charge in [0.15, 0.2) is 5.16 Å². The van der Waals surface area contributed by atoms with Crippen LogP contribution in [0.3, 0.4) is 0 Å². The molecule has 2 aromatic heterocycles. The number of thioether (sulfide) groups is 2. The summed E-state index contributed by atoms with van der Waals surface area (Å²) in [5.41, 5.74) is 4.57. The molecule has 0 bridgehead atoms. The number of nitrogens with one attached hydrogen (secondary N) is 3. The molecule has 0 radical (unpaired) electrons. The Morgan fingerprint density at radius 2 is 2.07 bits per heavy atom. The molecule has 0 aliphatic rings. The fourth-order valence-corrected chi connectivity index (χ4v) is 3.91. The number of amides is 1. The number of nitriles is 1. The molecule has 2 heterocycles. The van der Waals surface area contributed by atoms with E-state index in [-0.39, 0.29) is 11.7 Å². The standard InChI is InChI=1S/C19H27N5OS2/c1-5-6-7-16-13(3)21-19(23-16)27-11-17(25)24-18-14(10-20)12(2)15(22-18)8-9-26-4/h22H,5-9,11H2,1-4H3,(H,21,23)(H,24,25). The highest BCUT2D eigenvalue weighted by atomic mass is 32.2. The van der Waals surface area contributed by atoms with Gasteiger partial charge in [0.25, 0.3) is 0 Å². The summed E-state index contributed by atoms with van der Waals surface area (Å²) in [5, 5.41) is 13.0. The molecule has 146 valence electrons. The summed E-state index contributed by atoms with van der Waals surface area (Å²) >= 11 is 3.13. The lowest BCUT2D eigenvalue weighted by Crippen LogP contribution is -2.15. The fraction of sp³-hybridized carbons (Fsp3) is 0.526. The van der Waals surface area contributed by atoms with Crippen LogP contribution in [0.15, 0.2) is 5.16 Å². The lowest BCUT2D eigenvalue weighted by atomic mass is 10.1. The van der Waals surface area contributed by atoms with Crippen molar-refractivity contribution in [2.24, 2.45) is 0 Å². The molecule has 2 aromatic rings. The van der Waals surface area contributed by atoms with Crippen molar-refractivity contribution < 1.29 is 4.79 Å². The molecule has 8 heteroatoms. The van der Waals surface area contributed by atoms with Gasteiger partial charge < -0.3 is 15.3 Å². The largest absolute Gasteiger partial charge is 0.344 e. The highest BCUT2D eigenvalue weighted by Crippen LogP contribution is 2.24. The number of H-pyrrole nitrogens is 2. The summed E-state index contributed by atoms with van der Waals surface area (Å²) in [7, 11) is 0. The van der Waals surface area contributed by atoms with Crippen LogP contribution in [-0.2, 0) is 17.6 Å². The van der Waals surface area contributed by atoms with E-state index in [1.165, 1.54) is 11.8 Å². The van der Waals surface area contributed by atoms with Crippen molar-refractivity contribution in [3.63, 3.8) is 0 Å². The van der Waals surface area contributed by atoms with Crippen LogP contribution in [0, 0.1) is 25.2 Å². The Labute approximate surface area is 169 Å². The summed E-state index contributed by atoms with van der Waals surface area (Å²) in [5.74, 6) is 1.55. The van der Waals surface area contributed by atoms with Crippen LogP contribution in [0.4, 0.5) is 5.82 Å². The van der Waals surface area contributed by atoms with E-state index in [9.17, 15) is 10.1 Å². The predicted molar refractivity (Wildman–Crippen MR) is 114 cm³/mol. The van der Waals surface area contributed by atoms with Gasteiger partial charge in [-0.05, 0) is 50.7 Å². The Balaban J connectivity index is 1.97. The van der Waals surface area contributed by atoms with Gasteiger partial charge in [0.2, 0.25) is 5.91 Å². The highest BCUT2D eigenvalue weighted by Gasteiger charge is 2.16. The molecule has 3 N–H and O–H groups in total. The minimum absolute atomic E-state index is 0.154. The van der Waals surface area contributed by atoms with Gasteiger partial charge in [-0.1, -0.05) is 25.1 Å². The number of aryl methyl sites for hydroxylation is 3. The SMILES string of the molecule is CCCCc1nc(SCC(=O)Nc2[nH]c(CCSC)c(C)c2C#N)[nH]c1C. The van der Waals surface area contributed by atoms with E-state index in [1.54, 1.807) is 11.8 Å². The first-order valence-corrected chi connectivity index (χ1v) is 11.5. The van der Waals surface area contributed by atoms with Gasteiger partial charge >= 0.3 is 0 Å². The monoisotopic (exact) mass is 405 g/mol. The average Bonchev–Trinajstić information content (AvgIpc) is 3.15. The molecule has 0 atom stereocenters. The third-order valence-corrected chi connectivity index (χ3v) is 5.84. The topological polar surface area (TPSA) is 97.4 Å². The van der Waals surface area contributed by atoms with Gasteiger partial charge in [0, 0.05) is 11.4 Å². The van der Waals surface area contributed by atoms with Crippen LogP contribution in [-0.4, -0.2) is 38.6 Å². The molecule has 0 saturated carbocycles. The molecule has 27 heavy (non-hydrogen) atoms. The zero-order chi connectivity index (χ0) is 19.8. The third-order valence-electron chi connectivity index (χ3n) is 4.36. The maximum absolute atomic E-state index is 12.3. The van der Waals surface area contributed by atoms with Gasteiger partial charge in [-0.25, -0.2) is 4.98 Å². The Bertz CT molecular complexity index is 819.